The first kappa shape index (κ1) is 49.0. The predicted molar refractivity (Wildman–Crippen MR) is 103 cm³/mol. The summed E-state index contributed by atoms with van der Waals surface area (Å²) in [4.78, 5) is 61.9. The smallest absolute Gasteiger partial charge is 1.00 e. The molecule has 4 unspecified atom stereocenters. The van der Waals surface area contributed by atoms with Crippen molar-refractivity contribution in [3.05, 3.63) is 0 Å². The van der Waals surface area contributed by atoms with Gasteiger partial charge in [-0.25, -0.2) is 9.59 Å². The van der Waals surface area contributed by atoms with E-state index >= 15 is 0 Å². The van der Waals surface area contributed by atoms with Crippen LogP contribution in [0.25, 0.3) is 0 Å². The third-order valence-corrected chi connectivity index (χ3v) is 3.05. The minimum absolute atomic E-state index is 0. The first-order valence-electron chi connectivity index (χ1n) is 7.34. The van der Waals surface area contributed by atoms with Crippen molar-refractivity contribution in [3.63, 3.8) is 0 Å². The van der Waals surface area contributed by atoms with E-state index in [1.807, 2.05) is 0 Å². The number of esters is 2. The molecule has 0 amide bonds. The van der Waals surface area contributed by atoms with Crippen LogP contribution in [0.2, 0.25) is 0 Å². The molecule has 16 nitrogen and oxygen atoms in total. The molecule has 0 aromatic heterocycles. The molecule has 0 rings (SSSR count). The molecule has 0 saturated carbocycles. The minimum Gasteiger partial charge on any atom is -1.00 e. The number of hydrogen-bond donors (Lipinski definition) is 5. The average molecular weight is 593 g/mol. The van der Waals surface area contributed by atoms with E-state index in [1.165, 1.54) is 0 Å². The molecule has 184 valence electrons. The topological polar surface area (TPSA) is 250 Å². The van der Waals surface area contributed by atoms with Crippen LogP contribution < -0.4 is 103 Å². The fraction of sp³-hybridized carbons (Fsp3) is 0.571. The number of ether oxygens (including phenoxy) is 5. The summed E-state index contributed by atoms with van der Waals surface area (Å²) in [6.07, 6.45) is -5.66. The summed E-state index contributed by atoms with van der Waals surface area (Å²) in [6, 6.07) is 0. The Morgan fingerprint density at radius 3 is 1.79 bits per heavy atom. The molecular weight excluding hydrogens is 567 g/mol. The number of aliphatic hydroxyl groups is 4. The number of aliphatic hydroxyl groups excluding tert-OH is 2. The van der Waals surface area contributed by atoms with Gasteiger partial charge in [0.25, 0.3) is 25.7 Å². The molecule has 0 spiro atoms. The second kappa shape index (κ2) is 26.6. The fourth-order valence-corrected chi connectivity index (χ4v) is 1.51. The Morgan fingerprint density at radius 1 is 0.971 bits per heavy atom. The Balaban J connectivity index is -0.0000000315. The maximum absolute atomic E-state index is 11.1. The molecule has 0 saturated heterocycles. The molecule has 0 aliphatic heterocycles. The van der Waals surface area contributed by atoms with Crippen LogP contribution in [-0.4, -0.2) is 168 Å². The first-order valence-corrected chi connectivity index (χ1v) is 7.34. The normalized spacial score (nSPS) is 13.9. The van der Waals surface area contributed by atoms with E-state index in [0.29, 0.717) is 0 Å². The van der Waals surface area contributed by atoms with E-state index in [9.17, 15) is 39.0 Å². The summed E-state index contributed by atoms with van der Waals surface area (Å²) in [6.45, 7) is -1.30. The van der Waals surface area contributed by atoms with Crippen LogP contribution >= 0.6 is 0 Å². The Morgan fingerprint density at radius 2 is 1.47 bits per heavy atom. The zero-order chi connectivity index (χ0) is 24.0. The second-order valence-electron chi connectivity index (χ2n) is 4.96. The summed E-state index contributed by atoms with van der Waals surface area (Å²) in [5, 5.41) is 45.4. The van der Waals surface area contributed by atoms with Gasteiger partial charge in [-0.2, -0.15) is 0 Å². The average Bonchev–Trinajstić information content (AvgIpc) is 2.71. The van der Waals surface area contributed by atoms with Gasteiger partial charge in [0.2, 0.25) is 5.60 Å². The van der Waals surface area contributed by atoms with Crippen molar-refractivity contribution in [1.82, 2.24) is 0 Å². The van der Waals surface area contributed by atoms with Crippen molar-refractivity contribution in [2.75, 3.05) is 20.8 Å². The largest absolute Gasteiger partial charge is 2.00 e. The molecule has 0 aliphatic rings. The maximum atomic E-state index is 11.1. The van der Waals surface area contributed by atoms with Crippen LogP contribution in [0.5, 0.6) is 0 Å². The number of rotatable bonds is 13. The Bertz CT molecular complexity index is 653. The van der Waals surface area contributed by atoms with E-state index in [-0.39, 0.29) is 192 Å². The zero-order valence-corrected chi connectivity index (χ0v) is 28.8. The zero-order valence-electron chi connectivity index (χ0n) is 24.9. The molecule has 0 radical (unpaired) electrons. The molecule has 0 fully saturated rings. The van der Waals surface area contributed by atoms with Crippen LogP contribution in [0.3, 0.4) is 0 Å². The van der Waals surface area contributed by atoms with Gasteiger partial charge in [-0.3, -0.25) is 19.2 Å². The van der Waals surface area contributed by atoms with Crippen LogP contribution in [0.1, 0.15) is 15.0 Å². The Hall–Kier alpha value is 1.96. The van der Waals surface area contributed by atoms with Gasteiger partial charge in [-0.05, 0) is 0 Å². The van der Waals surface area contributed by atoms with Gasteiger partial charge in [0.15, 0.2) is 12.7 Å². The third-order valence-electron chi connectivity index (χ3n) is 3.05. The number of carbonyl (C=O) groups is 6. The summed E-state index contributed by atoms with van der Waals surface area (Å²) in [5.74, 6) is -6.97. The molecule has 0 heterocycles. The molecule has 5 N–H and O–H groups in total. The molecule has 20 heteroatoms. The van der Waals surface area contributed by atoms with Crippen LogP contribution in [0.4, 0.5) is 0 Å². The van der Waals surface area contributed by atoms with Gasteiger partial charge in [-0.1, -0.05) is 0 Å². The molecule has 34 heavy (non-hydrogen) atoms. The maximum Gasteiger partial charge on any atom is 2.00 e. The van der Waals surface area contributed by atoms with Gasteiger partial charge in [0, 0.05) is 0 Å². The van der Waals surface area contributed by atoms with E-state index in [4.69, 9.17) is 15.3 Å². The van der Waals surface area contributed by atoms with Crippen LogP contribution in [0, 0.1) is 0 Å². The van der Waals surface area contributed by atoms with E-state index in [1.54, 1.807) is 0 Å². The first-order chi connectivity index (χ1) is 13.9. The number of aliphatic carboxylic acids is 1. The van der Waals surface area contributed by atoms with Crippen LogP contribution in [0.15, 0.2) is 0 Å². The standard InChI is InChI=1S/C8H12O8.C6H8O8.Ca.2K.Mg.6H/c1-15-4(9)3-8(14,7(13)16-2)5(10)6(11)12;7-2-12-1-6(11,14-4-9)5(10)13-3-8;;;;;;;;;;/h5,10,14H,3H2,1-2H3,(H,11,12);2-5,10-11H,1H2;;;;;;;;;;/q;;+2;2*+1;+2;6*-1. The quantitative estimate of drug-likeness (QED) is 0.0437. The minimum atomic E-state index is -2.87. The van der Waals surface area contributed by atoms with Crippen molar-refractivity contribution in [3.8, 4) is 0 Å². The van der Waals surface area contributed by atoms with Gasteiger partial charge in [0.1, 0.15) is 0 Å². The van der Waals surface area contributed by atoms with Crippen molar-refractivity contribution < 1.29 is 189 Å². The van der Waals surface area contributed by atoms with Crippen molar-refractivity contribution in [2.45, 2.75) is 30.2 Å². The SMILES string of the molecule is COC(=O)CC(O)(C(=O)OC)C(O)C(=O)O.O=COCC(O)(OC=O)C(O)OC=O.[Ca+2].[H-].[H-].[H-].[H-].[H-].[H-].[K+].[K+].[Mg+2]. The predicted octanol–water partition coefficient (Wildman–Crippen LogP) is -10.7. The van der Waals surface area contributed by atoms with E-state index in [0.717, 1.165) is 14.2 Å². The molecule has 4 atom stereocenters. The monoisotopic (exact) mass is 592 g/mol. The van der Waals surface area contributed by atoms with E-state index in [2.05, 4.69) is 23.7 Å². The number of carbonyl (C=O) groups excluding carboxylic acids is 5. The molecule has 0 aliphatic carbocycles. The fourth-order valence-electron chi connectivity index (χ4n) is 1.51. The van der Waals surface area contributed by atoms with Crippen molar-refractivity contribution >= 4 is 98.1 Å². The number of methoxy groups -OCH3 is 2. The summed E-state index contributed by atoms with van der Waals surface area (Å²) in [5.41, 5.74) is -2.87. The Kier molecular flexibility index (Phi) is 38.3. The van der Waals surface area contributed by atoms with Crippen molar-refractivity contribution in [1.29, 1.82) is 0 Å². The van der Waals surface area contributed by atoms with Gasteiger partial charge in [-0.15, -0.1) is 0 Å². The summed E-state index contributed by atoms with van der Waals surface area (Å²) >= 11 is 0. The number of carboxylic acids is 1. The number of carboxylic acid groups (broad SMARTS) is 1. The molecule has 0 bridgehead atoms. The third kappa shape index (κ3) is 18.3. The molecule has 0 aromatic carbocycles. The summed E-state index contributed by atoms with van der Waals surface area (Å²) in [7, 11) is 1.85. The number of hydrogen-bond acceptors (Lipinski definition) is 15. The van der Waals surface area contributed by atoms with Crippen LogP contribution in [-0.2, 0) is 52.5 Å². The van der Waals surface area contributed by atoms with Gasteiger partial charge < -0.3 is 57.8 Å². The molecule has 0 aromatic rings. The summed E-state index contributed by atoms with van der Waals surface area (Å²) < 4.78 is 20.2. The van der Waals surface area contributed by atoms with Gasteiger partial charge >= 0.3 is 187 Å². The van der Waals surface area contributed by atoms with Crippen molar-refractivity contribution in [2.24, 2.45) is 0 Å². The van der Waals surface area contributed by atoms with E-state index < -0.39 is 54.7 Å². The molecular formula is C14H26CaK2MgO16. The second-order valence-corrected chi connectivity index (χ2v) is 4.96. The Labute approximate surface area is 332 Å². The van der Waals surface area contributed by atoms with Gasteiger partial charge in [0.05, 0.1) is 20.6 Å².